The van der Waals surface area contributed by atoms with Gasteiger partial charge in [-0.3, -0.25) is 0 Å². The molecule has 28 heavy (non-hydrogen) atoms. The fourth-order valence-corrected chi connectivity index (χ4v) is 3.84. The van der Waals surface area contributed by atoms with Crippen LogP contribution < -0.4 is 13.6 Å². The van der Waals surface area contributed by atoms with Gasteiger partial charge in [0.1, 0.15) is 17.2 Å². The summed E-state index contributed by atoms with van der Waals surface area (Å²) in [6.07, 6.45) is 0. The Morgan fingerprint density at radius 3 is 1.04 bits per heavy atom. The molecular weight excluding hydrogens is 361 g/mol. The van der Waals surface area contributed by atoms with Crippen molar-refractivity contribution in [3.63, 3.8) is 0 Å². The second-order valence-corrected chi connectivity index (χ2v) is 7.46. The average molecular weight is 384 g/mol. The Hall–Kier alpha value is -1.52. The van der Waals surface area contributed by atoms with Crippen LogP contribution in [-0.4, -0.2) is 37.7 Å². The summed E-state index contributed by atoms with van der Waals surface area (Å²) in [6.45, 7) is 5.63. The van der Waals surface area contributed by atoms with E-state index in [1.807, 2.05) is 75.4 Å². The summed E-state index contributed by atoms with van der Waals surface area (Å²) in [6, 6.07) is 22.0. The molecule has 4 nitrogen and oxygen atoms in total. The molecular formula is C21H23Li2O4P. The molecule has 0 saturated heterocycles. The first-order chi connectivity index (χ1) is 12.5. The minimum atomic E-state index is -3.97. The van der Waals surface area contributed by atoms with Crippen LogP contribution in [0.3, 0.4) is 0 Å². The molecule has 0 spiro atoms. The van der Waals surface area contributed by atoms with Crippen molar-refractivity contribution in [1.29, 1.82) is 0 Å². The molecule has 0 aliphatic heterocycles. The van der Waals surface area contributed by atoms with Gasteiger partial charge in [-0.25, -0.2) is 0 Å². The van der Waals surface area contributed by atoms with Crippen molar-refractivity contribution in [3.05, 3.63) is 89.5 Å². The average Bonchev–Trinajstić information content (AvgIpc) is 2.61. The van der Waals surface area contributed by atoms with Crippen LogP contribution in [0.25, 0.3) is 0 Å². The predicted molar refractivity (Wildman–Crippen MR) is 117 cm³/mol. The van der Waals surface area contributed by atoms with Crippen LogP contribution in [0.1, 0.15) is 16.7 Å². The molecule has 0 N–H and O–H groups in total. The quantitative estimate of drug-likeness (QED) is 0.445. The first-order valence-corrected chi connectivity index (χ1v) is 9.79. The fourth-order valence-electron chi connectivity index (χ4n) is 2.39. The molecule has 0 aliphatic rings. The summed E-state index contributed by atoms with van der Waals surface area (Å²) in [4.78, 5) is 0. The predicted octanol–water partition coefficient (Wildman–Crippen LogP) is 4.96. The maximum absolute atomic E-state index is 13.5. The zero-order valence-corrected chi connectivity index (χ0v) is 15.9. The first kappa shape index (κ1) is 24.5. The number of aryl methyl sites for hydroxylation is 3. The van der Waals surface area contributed by atoms with E-state index in [0.29, 0.717) is 17.2 Å². The molecule has 0 fully saturated rings. The summed E-state index contributed by atoms with van der Waals surface area (Å²) in [5, 5.41) is 0. The van der Waals surface area contributed by atoms with Crippen molar-refractivity contribution in [2.24, 2.45) is 0 Å². The van der Waals surface area contributed by atoms with Crippen molar-refractivity contribution < 1.29 is 18.1 Å². The molecule has 3 aromatic carbocycles. The van der Waals surface area contributed by atoms with Crippen LogP contribution in [0.4, 0.5) is 0 Å². The van der Waals surface area contributed by atoms with Crippen LogP contribution in [0.5, 0.6) is 17.2 Å². The summed E-state index contributed by atoms with van der Waals surface area (Å²) in [7, 11) is -3.97. The van der Waals surface area contributed by atoms with Crippen molar-refractivity contribution in [2.45, 2.75) is 20.8 Å². The molecule has 0 radical (unpaired) electrons. The van der Waals surface area contributed by atoms with Gasteiger partial charge in [0.15, 0.2) is 0 Å². The van der Waals surface area contributed by atoms with Crippen LogP contribution in [0, 0.1) is 20.8 Å². The van der Waals surface area contributed by atoms with E-state index in [-0.39, 0.29) is 37.7 Å². The number of phosphoric acid groups is 1. The second-order valence-electron chi connectivity index (χ2n) is 6.02. The van der Waals surface area contributed by atoms with Gasteiger partial charge in [0, 0.05) is 0 Å². The first-order valence-electron chi connectivity index (χ1n) is 8.32. The SMILES string of the molecule is Cc1ccccc1OP(=O)(Oc1ccccc1C)Oc1ccccc1C.[LiH].[LiH]. The Labute approximate surface area is 190 Å². The third-order valence-electron chi connectivity index (χ3n) is 3.91. The number of hydrogen-bond donors (Lipinski definition) is 0. The second kappa shape index (κ2) is 10.9. The maximum atomic E-state index is 13.5. The van der Waals surface area contributed by atoms with Gasteiger partial charge < -0.3 is 13.6 Å². The number of hydrogen-bond acceptors (Lipinski definition) is 4. The van der Waals surface area contributed by atoms with Gasteiger partial charge in [0.2, 0.25) is 0 Å². The van der Waals surface area contributed by atoms with Crippen LogP contribution in [0.15, 0.2) is 72.8 Å². The van der Waals surface area contributed by atoms with E-state index in [1.165, 1.54) is 0 Å². The Morgan fingerprint density at radius 1 is 0.536 bits per heavy atom. The fraction of sp³-hybridized carbons (Fsp3) is 0.143. The van der Waals surface area contributed by atoms with Crippen LogP contribution >= 0.6 is 7.82 Å². The van der Waals surface area contributed by atoms with Crippen LogP contribution in [0.2, 0.25) is 0 Å². The molecule has 0 bridgehead atoms. The molecule has 0 unspecified atom stereocenters. The third-order valence-corrected chi connectivity index (χ3v) is 5.17. The normalized spacial score (nSPS) is 10.2. The molecule has 7 heteroatoms. The van der Waals surface area contributed by atoms with E-state index in [1.54, 1.807) is 18.2 Å². The van der Waals surface area contributed by atoms with E-state index < -0.39 is 7.82 Å². The molecule has 0 aromatic heterocycles. The Balaban J connectivity index is 0.00000196. The van der Waals surface area contributed by atoms with Gasteiger partial charge in [0.25, 0.3) is 0 Å². The summed E-state index contributed by atoms with van der Waals surface area (Å²) < 4.78 is 30.8. The van der Waals surface area contributed by atoms with Gasteiger partial charge in [-0.15, -0.1) is 0 Å². The van der Waals surface area contributed by atoms with E-state index in [4.69, 9.17) is 13.6 Å². The zero-order chi connectivity index (χ0) is 18.6. The molecule has 0 saturated carbocycles. The van der Waals surface area contributed by atoms with Crippen molar-refractivity contribution in [2.75, 3.05) is 0 Å². The molecule has 0 amide bonds. The van der Waals surface area contributed by atoms with Crippen LogP contribution in [-0.2, 0) is 4.57 Å². The summed E-state index contributed by atoms with van der Waals surface area (Å²) in [5.41, 5.74) is 2.53. The third kappa shape index (κ3) is 6.25. The Morgan fingerprint density at radius 2 is 0.786 bits per heavy atom. The zero-order valence-electron chi connectivity index (χ0n) is 15.0. The Kier molecular flexibility index (Phi) is 9.52. The number of rotatable bonds is 6. The van der Waals surface area contributed by atoms with E-state index in [9.17, 15) is 4.57 Å². The molecule has 0 heterocycles. The van der Waals surface area contributed by atoms with E-state index in [2.05, 4.69) is 0 Å². The monoisotopic (exact) mass is 384 g/mol. The van der Waals surface area contributed by atoms with Crippen molar-refractivity contribution in [3.8, 4) is 17.2 Å². The standard InChI is InChI=1S/C21H21O4P.2Li.2H/c1-16-10-4-7-13-19(16)23-26(22,24-20-14-8-5-11-17(20)2)25-21-15-9-6-12-18(21)3;;;;/h4-15H,1-3H3;;;;. The topological polar surface area (TPSA) is 44.8 Å². The number of benzene rings is 3. The van der Waals surface area contributed by atoms with Gasteiger partial charge >= 0.3 is 45.5 Å². The van der Waals surface area contributed by atoms with Crippen molar-refractivity contribution >= 4 is 45.5 Å². The Bertz CT molecular complexity index is 840. The molecule has 138 valence electrons. The molecule has 3 aromatic rings. The van der Waals surface area contributed by atoms with Gasteiger partial charge in [-0.2, -0.15) is 4.57 Å². The number of para-hydroxylation sites is 3. The van der Waals surface area contributed by atoms with Crippen molar-refractivity contribution in [1.82, 2.24) is 0 Å². The number of phosphoric ester groups is 1. The molecule has 0 atom stereocenters. The van der Waals surface area contributed by atoms with E-state index in [0.717, 1.165) is 16.7 Å². The van der Waals surface area contributed by atoms with Gasteiger partial charge in [-0.1, -0.05) is 54.6 Å². The molecule has 0 aliphatic carbocycles. The van der Waals surface area contributed by atoms with E-state index >= 15 is 0 Å². The van der Waals surface area contributed by atoms with Gasteiger partial charge in [0.05, 0.1) is 0 Å². The van der Waals surface area contributed by atoms with Gasteiger partial charge in [-0.05, 0) is 55.7 Å². The minimum absolute atomic E-state index is 0. The summed E-state index contributed by atoms with van der Waals surface area (Å²) in [5.74, 6) is 1.37. The molecule has 3 rings (SSSR count). The summed E-state index contributed by atoms with van der Waals surface area (Å²) >= 11 is 0.